The predicted molar refractivity (Wildman–Crippen MR) is 65.4 cm³/mol. The molecule has 0 spiro atoms. The topological polar surface area (TPSA) is 99.3 Å². The third-order valence-corrected chi connectivity index (χ3v) is 2.67. The first-order valence-electron chi connectivity index (χ1n) is 5.61. The van der Waals surface area contributed by atoms with E-state index in [0.717, 1.165) is 0 Å². The van der Waals surface area contributed by atoms with Crippen LogP contribution in [0, 0.1) is 11.8 Å². The van der Waals surface area contributed by atoms with Crippen molar-refractivity contribution in [3.05, 3.63) is 34.2 Å². The Labute approximate surface area is 104 Å². The number of aliphatic carboxylic acids is 1. The van der Waals surface area contributed by atoms with Gasteiger partial charge in [-0.1, -0.05) is 13.8 Å². The molecule has 18 heavy (non-hydrogen) atoms. The zero-order chi connectivity index (χ0) is 13.7. The van der Waals surface area contributed by atoms with Crippen LogP contribution in [-0.2, 0) is 4.79 Å². The largest absolute Gasteiger partial charge is 0.481 e. The lowest BCUT2D eigenvalue weighted by Crippen LogP contribution is -2.37. The van der Waals surface area contributed by atoms with Gasteiger partial charge in [0.1, 0.15) is 5.56 Å². The van der Waals surface area contributed by atoms with Crippen molar-refractivity contribution in [3.8, 4) is 0 Å². The van der Waals surface area contributed by atoms with Crippen molar-refractivity contribution in [2.45, 2.75) is 13.8 Å². The van der Waals surface area contributed by atoms with Crippen LogP contribution in [0.2, 0.25) is 0 Å². The van der Waals surface area contributed by atoms with Gasteiger partial charge in [0.25, 0.3) is 5.91 Å². The van der Waals surface area contributed by atoms with E-state index in [0.29, 0.717) is 0 Å². The fraction of sp³-hybridized carbons (Fsp3) is 0.417. The second-order valence-electron chi connectivity index (χ2n) is 4.32. The number of aromatic amines is 1. The fourth-order valence-electron chi connectivity index (χ4n) is 1.50. The van der Waals surface area contributed by atoms with Gasteiger partial charge < -0.3 is 15.4 Å². The molecule has 98 valence electrons. The van der Waals surface area contributed by atoms with Crippen LogP contribution in [0.1, 0.15) is 24.2 Å². The minimum absolute atomic E-state index is 0.000166. The molecule has 0 aromatic carbocycles. The summed E-state index contributed by atoms with van der Waals surface area (Å²) in [6.07, 6.45) is 2.72. The molecule has 1 rings (SSSR count). The van der Waals surface area contributed by atoms with E-state index in [-0.39, 0.29) is 18.0 Å². The first kappa shape index (κ1) is 14.0. The minimum atomic E-state index is -0.965. The standard InChI is InChI=1S/C12H16N2O4/c1-7(2)8(12(17)18)6-14-11(16)9-5-13-4-3-10(9)15/h3-5,7-8H,6H2,1-2H3,(H,13,15)(H,14,16)(H,17,18). The van der Waals surface area contributed by atoms with Crippen molar-refractivity contribution >= 4 is 11.9 Å². The first-order chi connectivity index (χ1) is 8.43. The zero-order valence-electron chi connectivity index (χ0n) is 10.3. The van der Waals surface area contributed by atoms with Gasteiger partial charge in [0.2, 0.25) is 0 Å². The van der Waals surface area contributed by atoms with Crippen LogP contribution in [-0.4, -0.2) is 28.5 Å². The molecule has 1 aromatic heterocycles. The van der Waals surface area contributed by atoms with Crippen LogP contribution in [0.5, 0.6) is 0 Å². The van der Waals surface area contributed by atoms with E-state index in [4.69, 9.17) is 5.11 Å². The molecular weight excluding hydrogens is 236 g/mol. The van der Waals surface area contributed by atoms with E-state index in [1.54, 1.807) is 13.8 Å². The molecule has 0 aliphatic heterocycles. The van der Waals surface area contributed by atoms with Crippen molar-refractivity contribution in [3.63, 3.8) is 0 Å². The highest BCUT2D eigenvalue weighted by molar-refractivity contribution is 5.93. The van der Waals surface area contributed by atoms with Gasteiger partial charge in [-0.05, 0) is 5.92 Å². The summed E-state index contributed by atoms with van der Waals surface area (Å²) >= 11 is 0. The summed E-state index contributed by atoms with van der Waals surface area (Å²) in [5, 5.41) is 11.4. The van der Waals surface area contributed by atoms with E-state index < -0.39 is 23.2 Å². The molecule has 3 N–H and O–H groups in total. The summed E-state index contributed by atoms with van der Waals surface area (Å²) in [4.78, 5) is 36.6. The number of aromatic nitrogens is 1. The fourth-order valence-corrected chi connectivity index (χ4v) is 1.50. The van der Waals surface area contributed by atoms with Crippen molar-refractivity contribution < 1.29 is 14.7 Å². The number of carboxylic acids is 1. The number of carbonyl (C=O) groups excluding carboxylic acids is 1. The van der Waals surface area contributed by atoms with Crippen molar-refractivity contribution in [2.24, 2.45) is 11.8 Å². The number of amides is 1. The number of rotatable bonds is 5. The number of carbonyl (C=O) groups is 2. The number of H-pyrrole nitrogens is 1. The summed E-state index contributed by atoms with van der Waals surface area (Å²) in [7, 11) is 0. The third kappa shape index (κ3) is 3.44. The number of hydrogen-bond donors (Lipinski definition) is 3. The van der Waals surface area contributed by atoms with Gasteiger partial charge >= 0.3 is 5.97 Å². The molecule has 0 bridgehead atoms. The van der Waals surface area contributed by atoms with Crippen LogP contribution in [0.15, 0.2) is 23.3 Å². The molecule has 1 unspecified atom stereocenters. The van der Waals surface area contributed by atoms with E-state index >= 15 is 0 Å². The summed E-state index contributed by atoms with van der Waals surface area (Å²) in [5.41, 5.74) is -0.423. The molecule has 6 heteroatoms. The molecule has 1 amide bonds. The normalized spacial score (nSPS) is 12.2. The first-order valence-corrected chi connectivity index (χ1v) is 5.61. The number of hydrogen-bond acceptors (Lipinski definition) is 3. The molecule has 0 radical (unpaired) electrons. The Bertz CT molecular complexity index is 493. The van der Waals surface area contributed by atoms with Gasteiger partial charge in [-0.3, -0.25) is 14.4 Å². The maximum Gasteiger partial charge on any atom is 0.308 e. The average Bonchev–Trinajstić information content (AvgIpc) is 2.28. The highest BCUT2D eigenvalue weighted by Crippen LogP contribution is 2.09. The SMILES string of the molecule is CC(C)C(CNC(=O)c1c[nH]ccc1=O)C(=O)O. The average molecular weight is 252 g/mol. The lowest BCUT2D eigenvalue weighted by Gasteiger charge is -2.16. The maximum absolute atomic E-state index is 11.7. The van der Waals surface area contributed by atoms with Crippen LogP contribution in [0.3, 0.4) is 0 Å². The maximum atomic E-state index is 11.7. The molecule has 1 atom stereocenters. The molecule has 1 heterocycles. The minimum Gasteiger partial charge on any atom is -0.481 e. The Balaban J connectivity index is 2.69. The summed E-state index contributed by atoms with van der Waals surface area (Å²) in [6.45, 7) is 3.53. The Morgan fingerprint density at radius 2 is 2.11 bits per heavy atom. The van der Waals surface area contributed by atoms with E-state index in [9.17, 15) is 14.4 Å². The summed E-state index contributed by atoms with van der Waals surface area (Å²) in [6, 6.07) is 1.24. The Morgan fingerprint density at radius 1 is 1.44 bits per heavy atom. The van der Waals surface area contributed by atoms with E-state index in [1.807, 2.05) is 0 Å². The summed E-state index contributed by atoms with van der Waals surface area (Å²) < 4.78 is 0. The third-order valence-electron chi connectivity index (χ3n) is 2.67. The van der Waals surface area contributed by atoms with Gasteiger partial charge in [-0.2, -0.15) is 0 Å². The van der Waals surface area contributed by atoms with Crippen LogP contribution in [0.4, 0.5) is 0 Å². The number of pyridine rings is 1. The molecule has 0 saturated heterocycles. The molecule has 0 aliphatic carbocycles. The lowest BCUT2D eigenvalue weighted by molar-refractivity contribution is -0.142. The lowest BCUT2D eigenvalue weighted by atomic mass is 9.96. The van der Waals surface area contributed by atoms with Gasteiger partial charge in [-0.25, -0.2) is 0 Å². The van der Waals surface area contributed by atoms with Crippen molar-refractivity contribution in [1.29, 1.82) is 0 Å². The van der Waals surface area contributed by atoms with Crippen LogP contribution >= 0.6 is 0 Å². The Hall–Kier alpha value is -2.11. The second-order valence-corrected chi connectivity index (χ2v) is 4.32. The predicted octanol–water partition coefficient (Wildman–Crippen LogP) is 0.461. The number of carboxylic acid groups (broad SMARTS) is 1. The number of nitrogens with one attached hydrogen (secondary N) is 2. The molecule has 1 aromatic rings. The summed E-state index contributed by atoms with van der Waals surface area (Å²) in [5.74, 6) is -2.30. The van der Waals surface area contributed by atoms with Gasteiger partial charge in [0, 0.05) is 25.0 Å². The van der Waals surface area contributed by atoms with Crippen LogP contribution in [0.25, 0.3) is 0 Å². The van der Waals surface area contributed by atoms with Crippen molar-refractivity contribution in [1.82, 2.24) is 10.3 Å². The highest BCUT2D eigenvalue weighted by atomic mass is 16.4. The monoisotopic (exact) mass is 252 g/mol. The zero-order valence-corrected chi connectivity index (χ0v) is 10.3. The van der Waals surface area contributed by atoms with Gasteiger partial charge in [-0.15, -0.1) is 0 Å². The van der Waals surface area contributed by atoms with Crippen molar-refractivity contribution in [2.75, 3.05) is 6.54 Å². The second kappa shape index (κ2) is 6.00. The van der Waals surface area contributed by atoms with Gasteiger partial charge in [0.05, 0.1) is 5.92 Å². The smallest absolute Gasteiger partial charge is 0.308 e. The van der Waals surface area contributed by atoms with E-state index in [2.05, 4.69) is 10.3 Å². The Morgan fingerprint density at radius 3 is 2.61 bits per heavy atom. The molecule has 6 nitrogen and oxygen atoms in total. The molecule has 0 aliphatic rings. The van der Waals surface area contributed by atoms with Gasteiger partial charge in [0.15, 0.2) is 5.43 Å². The molecular formula is C12H16N2O4. The molecule has 0 saturated carbocycles. The van der Waals surface area contributed by atoms with E-state index in [1.165, 1.54) is 18.5 Å². The quantitative estimate of drug-likeness (QED) is 0.709. The molecule has 0 fully saturated rings. The highest BCUT2D eigenvalue weighted by Gasteiger charge is 2.22. The Kier molecular flexibility index (Phi) is 4.65. The van der Waals surface area contributed by atoms with Crippen LogP contribution < -0.4 is 10.7 Å².